The largest absolute Gasteiger partial charge is 0.377 e. The van der Waals surface area contributed by atoms with Gasteiger partial charge in [-0.1, -0.05) is 6.92 Å². The van der Waals surface area contributed by atoms with E-state index in [1.807, 2.05) is 6.07 Å². The topological polar surface area (TPSA) is 24.5 Å². The average molecular weight is 294 g/mol. The van der Waals surface area contributed by atoms with Gasteiger partial charge in [-0.2, -0.15) is 0 Å². The summed E-state index contributed by atoms with van der Waals surface area (Å²) in [6, 6.07) is 5.28. The minimum absolute atomic E-state index is 0.148. The van der Waals surface area contributed by atoms with Crippen molar-refractivity contribution in [3.63, 3.8) is 0 Å². The first kappa shape index (κ1) is 16.2. The van der Waals surface area contributed by atoms with Gasteiger partial charge in [0.2, 0.25) is 0 Å². The number of halogens is 1. The Balaban J connectivity index is 2.24. The van der Waals surface area contributed by atoms with Gasteiger partial charge in [0.1, 0.15) is 5.82 Å². The molecule has 4 heteroatoms. The van der Waals surface area contributed by atoms with Crippen LogP contribution in [0.4, 0.5) is 10.1 Å². The summed E-state index contributed by atoms with van der Waals surface area (Å²) >= 11 is 0. The standard InChI is InChI=1S/C17H27FN2O/c1-4-8-19-14(3)16-11-15(18)6-7-17(16)20-9-5-10-21-13(2)12-20/h6-7,11,13-14,19H,4-5,8-10,12H2,1-3H3. The third-order valence-corrected chi connectivity index (χ3v) is 3.95. The van der Waals surface area contributed by atoms with E-state index in [0.717, 1.165) is 50.3 Å². The maximum absolute atomic E-state index is 13.7. The first-order valence-corrected chi connectivity index (χ1v) is 8.01. The lowest BCUT2D eigenvalue weighted by Crippen LogP contribution is -2.32. The Morgan fingerprint density at radius 3 is 3.05 bits per heavy atom. The van der Waals surface area contributed by atoms with Crippen molar-refractivity contribution >= 4 is 5.69 Å². The van der Waals surface area contributed by atoms with E-state index >= 15 is 0 Å². The summed E-state index contributed by atoms with van der Waals surface area (Å²) in [5.74, 6) is -0.169. The van der Waals surface area contributed by atoms with Crippen LogP contribution < -0.4 is 10.2 Å². The van der Waals surface area contributed by atoms with Gasteiger partial charge in [0, 0.05) is 31.4 Å². The number of hydrogen-bond acceptors (Lipinski definition) is 3. The Bertz CT molecular complexity index is 452. The highest BCUT2D eigenvalue weighted by Gasteiger charge is 2.20. The molecule has 1 saturated heterocycles. The molecule has 2 atom stereocenters. The molecule has 0 bridgehead atoms. The number of nitrogens with one attached hydrogen (secondary N) is 1. The third kappa shape index (κ3) is 4.42. The van der Waals surface area contributed by atoms with Crippen molar-refractivity contribution < 1.29 is 9.13 Å². The van der Waals surface area contributed by atoms with Gasteiger partial charge in [0.05, 0.1) is 6.10 Å². The first-order chi connectivity index (χ1) is 10.1. The summed E-state index contributed by atoms with van der Waals surface area (Å²) in [5.41, 5.74) is 2.17. The highest BCUT2D eigenvalue weighted by molar-refractivity contribution is 5.55. The van der Waals surface area contributed by atoms with Crippen LogP contribution in [0.5, 0.6) is 0 Å². The van der Waals surface area contributed by atoms with Gasteiger partial charge in [-0.15, -0.1) is 0 Å². The smallest absolute Gasteiger partial charge is 0.123 e. The summed E-state index contributed by atoms with van der Waals surface area (Å²) in [4.78, 5) is 2.33. The van der Waals surface area contributed by atoms with Crippen molar-refractivity contribution in [1.82, 2.24) is 5.32 Å². The normalized spacial score (nSPS) is 21.1. The molecular weight excluding hydrogens is 267 g/mol. The molecule has 0 radical (unpaired) electrons. The molecule has 1 aliphatic heterocycles. The maximum atomic E-state index is 13.7. The molecule has 1 fully saturated rings. The second-order valence-electron chi connectivity index (χ2n) is 5.86. The van der Waals surface area contributed by atoms with Crippen LogP contribution in [-0.2, 0) is 4.74 Å². The zero-order valence-electron chi connectivity index (χ0n) is 13.4. The van der Waals surface area contributed by atoms with Crippen molar-refractivity contribution in [2.45, 2.75) is 45.8 Å². The second-order valence-corrected chi connectivity index (χ2v) is 5.86. The van der Waals surface area contributed by atoms with Gasteiger partial charge < -0.3 is 15.0 Å². The zero-order chi connectivity index (χ0) is 15.2. The molecule has 0 spiro atoms. The molecule has 0 saturated carbocycles. The molecule has 0 amide bonds. The van der Waals surface area contributed by atoms with Crippen molar-refractivity contribution in [2.24, 2.45) is 0 Å². The number of nitrogens with zero attached hydrogens (tertiary/aromatic N) is 1. The van der Waals surface area contributed by atoms with Crippen LogP contribution >= 0.6 is 0 Å². The van der Waals surface area contributed by atoms with E-state index in [4.69, 9.17) is 4.74 Å². The zero-order valence-corrected chi connectivity index (χ0v) is 13.4. The first-order valence-electron chi connectivity index (χ1n) is 8.01. The van der Waals surface area contributed by atoms with E-state index in [-0.39, 0.29) is 18.0 Å². The number of rotatable bonds is 5. The van der Waals surface area contributed by atoms with Gasteiger partial charge in [-0.3, -0.25) is 0 Å². The molecule has 2 unspecified atom stereocenters. The van der Waals surface area contributed by atoms with Crippen LogP contribution in [0.25, 0.3) is 0 Å². The van der Waals surface area contributed by atoms with Gasteiger partial charge >= 0.3 is 0 Å². The van der Waals surface area contributed by atoms with E-state index in [0.29, 0.717) is 0 Å². The Labute approximate surface area is 127 Å². The molecule has 118 valence electrons. The molecule has 1 aromatic carbocycles. The minimum Gasteiger partial charge on any atom is -0.377 e. The molecule has 1 N–H and O–H groups in total. The molecule has 3 nitrogen and oxygen atoms in total. The fraction of sp³-hybridized carbons (Fsp3) is 0.647. The highest BCUT2D eigenvalue weighted by atomic mass is 19.1. The van der Waals surface area contributed by atoms with Crippen LogP contribution in [0.1, 0.15) is 45.2 Å². The molecule has 0 aliphatic carbocycles. The summed E-state index contributed by atoms with van der Waals surface area (Å²) in [6.45, 7) is 9.91. The third-order valence-electron chi connectivity index (χ3n) is 3.95. The van der Waals surface area contributed by atoms with Crippen LogP contribution in [0.15, 0.2) is 18.2 Å². The van der Waals surface area contributed by atoms with E-state index in [9.17, 15) is 4.39 Å². The van der Waals surface area contributed by atoms with E-state index < -0.39 is 0 Å². The number of benzene rings is 1. The molecular formula is C17H27FN2O. The van der Waals surface area contributed by atoms with Gasteiger partial charge in [0.15, 0.2) is 0 Å². The predicted octanol–water partition coefficient (Wildman–Crippen LogP) is 3.50. The van der Waals surface area contributed by atoms with Gasteiger partial charge in [-0.25, -0.2) is 4.39 Å². The lowest BCUT2D eigenvalue weighted by molar-refractivity contribution is 0.0820. The Morgan fingerprint density at radius 2 is 2.29 bits per heavy atom. The van der Waals surface area contributed by atoms with E-state index in [1.165, 1.54) is 0 Å². The second kappa shape index (κ2) is 7.76. The monoisotopic (exact) mass is 294 g/mol. The Hall–Kier alpha value is -1.13. The van der Waals surface area contributed by atoms with Crippen molar-refractivity contribution in [1.29, 1.82) is 0 Å². The molecule has 2 rings (SSSR count). The summed E-state index contributed by atoms with van der Waals surface area (Å²) in [7, 11) is 0. The van der Waals surface area contributed by atoms with E-state index in [1.54, 1.807) is 12.1 Å². The lowest BCUT2D eigenvalue weighted by Gasteiger charge is -2.29. The van der Waals surface area contributed by atoms with Crippen LogP contribution in [0.2, 0.25) is 0 Å². The van der Waals surface area contributed by atoms with Crippen molar-refractivity contribution in [3.8, 4) is 0 Å². The SMILES string of the molecule is CCCNC(C)c1cc(F)ccc1N1CCCOC(C)C1. The Kier molecular flexibility index (Phi) is 6.00. The van der Waals surface area contributed by atoms with Crippen LogP contribution in [0, 0.1) is 5.82 Å². The highest BCUT2D eigenvalue weighted by Crippen LogP contribution is 2.28. The predicted molar refractivity (Wildman–Crippen MR) is 85.4 cm³/mol. The fourth-order valence-corrected chi connectivity index (χ4v) is 2.84. The quantitative estimate of drug-likeness (QED) is 0.899. The van der Waals surface area contributed by atoms with Crippen LogP contribution in [0.3, 0.4) is 0 Å². The summed E-state index contributed by atoms with van der Waals surface area (Å²) in [6.07, 6.45) is 2.30. The van der Waals surface area contributed by atoms with Gasteiger partial charge in [0.25, 0.3) is 0 Å². The van der Waals surface area contributed by atoms with Gasteiger partial charge in [-0.05, 0) is 57.0 Å². The molecule has 21 heavy (non-hydrogen) atoms. The fourth-order valence-electron chi connectivity index (χ4n) is 2.84. The molecule has 0 aromatic heterocycles. The number of hydrogen-bond donors (Lipinski definition) is 1. The molecule has 1 aliphatic rings. The Morgan fingerprint density at radius 1 is 1.48 bits per heavy atom. The lowest BCUT2D eigenvalue weighted by atomic mass is 10.0. The summed E-state index contributed by atoms with van der Waals surface area (Å²) < 4.78 is 19.4. The van der Waals surface area contributed by atoms with Crippen molar-refractivity contribution in [3.05, 3.63) is 29.6 Å². The summed E-state index contributed by atoms with van der Waals surface area (Å²) in [5, 5.41) is 3.46. The maximum Gasteiger partial charge on any atom is 0.123 e. The van der Waals surface area contributed by atoms with Crippen molar-refractivity contribution in [2.75, 3.05) is 31.1 Å². The van der Waals surface area contributed by atoms with E-state index in [2.05, 4.69) is 31.0 Å². The minimum atomic E-state index is -0.169. The molecule has 1 heterocycles. The van der Waals surface area contributed by atoms with Crippen LogP contribution in [-0.4, -0.2) is 32.3 Å². The number of ether oxygens (including phenoxy) is 1. The number of anilines is 1. The molecule has 1 aromatic rings. The average Bonchev–Trinajstić information content (AvgIpc) is 2.69.